The van der Waals surface area contributed by atoms with Gasteiger partial charge in [0.15, 0.2) is 0 Å². The minimum Gasteiger partial charge on any atom is -0.366 e. The first-order valence-electron chi connectivity index (χ1n) is 5.39. The molecule has 0 radical (unpaired) electrons. The Bertz CT molecular complexity index is 570. The molecule has 98 valence electrons. The van der Waals surface area contributed by atoms with Crippen LogP contribution in [-0.4, -0.2) is 38.2 Å². The van der Waals surface area contributed by atoms with E-state index in [9.17, 15) is 13.2 Å². The number of nitrogens with two attached hydrogens (primary N) is 1. The van der Waals surface area contributed by atoms with Crippen molar-refractivity contribution in [3.05, 3.63) is 35.4 Å². The number of primary amides is 1. The van der Waals surface area contributed by atoms with Crippen molar-refractivity contribution in [3.63, 3.8) is 0 Å². The fourth-order valence-corrected chi connectivity index (χ4v) is 2.66. The first-order chi connectivity index (χ1) is 8.39. The highest BCUT2D eigenvalue weighted by atomic mass is 32.2. The third kappa shape index (κ3) is 2.53. The number of rotatable bonds is 3. The second kappa shape index (κ2) is 4.68. The summed E-state index contributed by atoms with van der Waals surface area (Å²) in [5, 5.41) is 0. The van der Waals surface area contributed by atoms with Gasteiger partial charge in [0.25, 0.3) is 0 Å². The summed E-state index contributed by atoms with van der Waals surface area (Å²) in [5.41, 5.74) is 6.41. The zero-order chi connectivity index (χ0) is 13.3. The summed E-state index contributed by atoms with van der Waals surface area (Å²) >= 11 is 0. The van der Waals surface area contributed by atoms with Gasteiger partial charge in [-0.05, 0) is 11.6 Å². The van der Waals surface area contributed by atoms with E-state index < -0.39 is 15.9 Å². The number of carbonyl (C=O) groups is 1. The van der Waals surface area contributed by atoms with Gasteiger partial charge in [0.05, 0.1) is 12.9 Å². The summed E-state index contributed by atoms with van der Waals surface area (Å²) in [6, 6.07) is 6.89. The van der Waals surface area contributed by atoms with Crippen molar-refractivity contribution < 1.29 is 18.0 Å². The maximum Gasteiger partial charge on any atom is 0.248 e. The molecule has 1 aromatic carbocycles. The van der Waals surface area contributed by atoms with Gasteiger partial charge in [-0.3, -0.25) is 9.63 Å². The first-order valence-corrected chi connectivity index (χ1v) is 7.24. The number of hydrogen-bond acceptors (Lipinski definition) is 4. The number of hydrogen-bond donors (Lipinski definition) is 1. The van der Waals surface area contributed by atoms with Crippen LogP contribution in [0.1, 0.15) is 21.8 Å². The summed E-state index contributed by atoms with van der Waals surface area (Å²) in [5.74, 6) is -0.702. The van der Waals surface area contributed by atoms with Crippen molar-refractivity contribution in [1.29, 1.82) is 0 Å². The highest BCUT2D eigenvalue weighted by Gasteiger charge is 2.32. The van der Waals surface area contributed by atoms with Gasteiger partial charge in [-0.2, -0.15) is 0 Å². The van der Waals surface area contributed by atoms with Crippen LogP contribution >= 0.6 is 0 Å². The van der Waals surface area contributed by atoms with E-state index in [1.54, 1.807) is 24.3 Å². The number of sulfonamides is 1. The lowest BCUT2D eigenvalue weighted by Crippen LogP contribution is -2.26. The van der Waals surface area contributed by atoms with Gasteiger partial charge in [-0.1, -0.05) is 22.7 Å². The monoisotopic (exact) mass is 270 g/mol. The van der Waals surface area contributed by atoms with E-state index in [0.717, 1.165) is 16.3 Å². The minimum absolute atomic E-state index is 0.177. The maximum atomic E-state index is 11.3. The largest absolute Gasteiger partial charge is 0.366 e. The molecule has 0 aliphatic carbocycles. The van der Waals surface area contributed by atoms with Gasteiger partial charge in [-0.25, -0.2) is 8.42 Å². The molecule has 1 heterocycles. The quantitative estimate of drug-likeness (QED) is 0.842. The summed E-state index contributed by atoms with van der Waals surface area (Å²) in [6.07, 6.45) is 1.08. The zero-order valence-electron chi connectivity index (χ0n) is 9.87. The molecule has 1 aromatic rings. The molecule has 1 aliphatic rings. The van der Waals surface area contributed by atoms with Crippen LogP contribution in [-0.2, 0) is 14.9 Å². The number of hydroxylamine groups is 1. The van der Waals surface area contributed by atoms with Crippen LogP contribution in [0.2, 0.25) is 0 Å². The molecular weight excluding hydrogens is 256 g/mol. The average Bonchev–Trinajstić information content (AvgIpc) is 2.77. The lowest BCUT2D eigenvalue weighted by atomic mass is 9.95. The van der Waals surface area contributed by atoms with Crippen molar-refractivity contribution in [2.45, 2.75) is 5.92 Å². The Balaban J connectivity index is 2.27. The number of benzene rings is 1. The lowest BCUT2D eigenvalue weighted by Gasteiger charge is -2.12. The van der Waals surface area contributed by atoms with E-state index in [2.05, 4.69) is 0 Å². The highest BCUT2D eigenvalue weighted by molar-refractivity contribution is 7.88. The number of amides is 1. The maximum absolute atomic E-state index is 11.3. The van der Waals surface area contributed by atoms with Crippen molar-refractivity contribution >= 4 is 15.9 Å². The third-order valence-electron chi connectivity index (χ3n) is 2.83. The zero-order valence-corrected chi connectivity index (χ0v) is 10.7. The summed E-state index contributed by atoms with van der Waals surface area (Å²) in [7, 11) is -3.38. The van der Waals surface area contributed by atoms with Gasteiger partial charge in [0, 0.05) is 18.0 Å². The van der Waals surface area contributed by atoms with E-state index in [4.69, 9.17) is 10.6 Å². The molecular formula is C11H14N2O4S. The van der Waals surface area contributed by atoms with Gasteiger partial charge < -0.3 is 5.73 Å². The summed E-state index contributed by atoms with van der Waals surface area (Å²) in [6.45, 7) is 0.417. The molecule has 7 heteroatoms. The van der Waals surface area contributed by atoms with Crippen molar-refractivity contribution in [2.75, 3.05) is 19.4 Å². The fraction of sp³-hybridized carbons (Fsp3) is 0.364. The molecule has 1 fully saturated rings. The number of carbonyl (C=O) groups excluding carboxylic acids is 1. The van der Waals surface area contributed by atoms with Gasteiger partial charge in [0.1, 0.15) is 0 Å². The van der Waals surface area contributed by atoms with Crippen LogP contribution in [0.5, 0.6) is 0 Å². The van der Waals surface area contributed by atoms with Crippen molar-refractivity contribution in [1.82, 2.24) is 4.47 Å². The Labute approximate surface area is 105 Å². The second-order valence-corrected chi connectivity index (χ2v) is 6.07. The molecule has 2 rings (SSSR count). The average molecular weight is 270 g/mol. The number of nitrogens with zero attached hydrogens (tertiary/aromatic N) is 1. The van der Waals surface area contributed by atoms with Crippen LogP contribution < -0.4 is 5.73 Å². The smallest absolute Gasteiger partial charge is 0.248 e. The van der Waals surface area contributed by atoms with Crippen LogP contribution in [0, 0.1) is 0 Å². The third-order valence-corrected chi connectivity index (χ3v) is 3.82. The molecule has 18 heavy (non-hydrogen) atoms. The Morgan fingerprint density at radius 3 is 2.67 bits per heavy atom. The van der Waals surface area contributed by atoms with E-state index >= 15 is 0 Å². The molecule has 1 atom stereocenters. The predicted molar refractivity (Wildman–Crippen MR) is 65.2 cm³/mol. The molecule has 0 bridgehead atoms. The van der Waals surface area contributed by atoms with Gasteiger partial charge in [0.2, 0.25) is 15.9 Å². The van der Waals surface area contributed by atoms with E-state index in [-0.39, 0.29) is 19.1 Å². The molecule has 0 saturated carbocycles. The van der Waals surface area contributed by atoms with E-state index in [1.807, 2.05) is 0 Å². The molecule has 0 aromatic heterocycles. The van der Waals surface area contributed by atoms with E-state index in [1.165, 1.54) is 0 Å². The van der Waals surface area contributed by atoms with E-state index in [0.29, 0.717) is 5.56 Å². The lowest BCUT2D eigenvalue weighted by molar-refractivity contribution is -0.0281. The normalized spacial score (nSPS) is 21.1. The molecule has 6 nitrogen and oxygen atoms in total. The molecule has 1 saturated heterocycles. The summed E-state index contributed by atoms with van der Waals surface area (Å²) < 4.78 is 23.6. The topological polar surface area (TPSA) is 89.7 Å². The Morgan fingerprint density at radius 2 is 2.11 bits per heavy atom. The molecule has 1 amide bonds. The van der Waals surface area contributed by atoms with Crippen molar-refractivity contribution in [3.8, 4) is 0 Å². The minimum atomic E-state index is -3.38. The van der Waals surface area contributed by atoms with Crippen molar-refractivity contribution in [2.24, 2.45) is 5.73 Å². The Kier molecular flexibility index (Phi) is 3.38. The molecule has 2 N–H and O–H groups in total. The van der Waals surface area contributed by atoms with Gasteiger partial charge >= 0.3 is 0 Å². The predicted octanol–water partition coefficient (Wildman–Crippen LogP) is 0.0759. The van der Waals surface area contributed by atoms with Crippen LogP contribution in [0.25, 0.3) is 0 Å². The van der Waals surface area contributed by atoms with Crippen LogP contribution in [0.15, 0.2) is 24.3 Å². The standard InChI is InChI=1S/C11H14N2O4S/c1-18(15,16)13-6-8(7-17-13)9-4-2-3-5-10(9)11(12)14/h2-5,8H,6-7H2,1H3,(H2,12,14)/t8-/m0/s1. The first kappa shape index (κ1) is 13.0. The van der Waals surface area contributed by atoms with Crippen LogP contribution in [0.3, 0.4) is 0 Å². The highest BCUT2D eigenvalue weighted by Crippen LogP contribution is 2.27. The summed E-state index contributed by atoms with van der Waals surface area (Å²) in [4.78, 5) is 16.4. The Hall–Kier alpha value is -1.44. The second-order valence-electron chi connectivity index (χ2n) is 4.19. The molecule has 1 aliphatic heterocycles. The fourth-order valence-electron chi connectivity index (χ4n) is 1.96. The SMILES string of the molecule is CS(=O)(=O)N1C[C@H](c2ccccc2C(N)=O)CO1. The van der Waals surface area contributed by atoms with Gasteiger partial charge in [-0.15, -0.1) is 0 Å². The molecule has 0 spiro atoms. The van der Waals surface area contributed by atoms with Crippen LogP contribution in [0.4, 0.5) is 0 Å². The Morgan fingerprint density at radius 1 is 1.44 bits per heavy atom. The molecule has 0 unspecified atom stereocenters.